The van der Waals surface area contributed by atoms with Crippen LogP contribution < -0.4 is 4.80 Å². The molecule has 0 aliphatic heterocycles. The van der Waals surface area contributed by atoms with Gasteiger partial charge in [0.25, 0.3) is 5.91 Å². The van der Waals surface area contributed by atoms with Gasteiger partial charge >= 0.3 is 5.97 Å². The Kier molecular flexibility index (Phi) is 9.38. The number of halogens is 1. The largest absolute Gasteiger partial charge is 0.465 e. The minimum atomic E-state index is -3.74. The minimum Gasteiger partial charge on any atom is -0.465 e. The van der Waals surface area contributed by atoms with E-state index in [1.807, 2.05) is 27.7 Å². The van der Waals surface area contributed by atoms with Gasteiger partial charge in [-0.05, 0) is 55.2 Å². The molecule has 0 aliphatic carbocycles. The molecule has 1 amide bonds. The third-order valence-electron chi connectivity index (χ3n) is 5.32. The second-order valence-corrected chi connectivity index (χ2v) is 12.4. The lowest BCUT2D eigenvalue weighted by Gasteiger charge is -2.25. The van der Waals surface area contributed by atoms with Crippen molar-refractivity contribution in [3.8, 4) is 0 Å². The maximum Gasteiger partial charge on any atom is 0.326 e. The van der Waals surface area contributed by atoms with Gasteiger partial charge in [-0.2, -0.15) is 9.30 Å². The summed E-state index contributed by atoms with van der Waals surface area (Å²) in [7, 11) is -3.74. The molecule has 8 nitrogen and oxygen atoms in total. The summed E-state index contributed by atoms with van der Waals surface area (Å²) in [5.74, 6) is -1.47. The monoisotopic (exact) mass is 549 g/mol. The molecule has 2 aromatic carbocycles. The van der Waals surface area contributed by atoms with Crippen molar-refractivity contribution >= 4 is 43.5 Å². The zero-order valence-corrected chi connectivity index (χ0v) is 23.2. The third kappa shape index (κ3) is 6.91. The van der Waals surface area contributed by atoms with Crippen LogP contribution in [0.5, 0.6) is 0 Å². The maximum absolute atomic E-state index is 14.6. The van der Waals surface area contributed by atoms with Gasteiger partial charge in [-0.15, -0.1) is 0 Å². The van der Waals surface area contributed by atoms with Crippen LogP contribution in [-0.4, -0.2) is 48.9 Å². The Labute approximate surface area is 220 Å². The van der Waals surface area contributed by atoms with Crippen LogP contribution >= 0.6 is 11.3 Å². The highest BCUT2D eigenvalue weighted by Gasteiger charge is 2.26. The highest BCUT2D eigenvalue weighted by atomic mass is 32.2. The Bertz CT molecular complexity index is 1430. The average Bonchev–Trinajstić information content (AvgIpc) is 3.16. The molecular formula is C26H32FN3O5S2. The second-order valence-electron chi connectivity index (χ2n) is 9.41. The smallest absolute Gasteiger partial charge is 0.326 e. The number of fused-ring (bicyclic) bond motifs is 1. The number of carbonyl (C=O) groups excluding carboxylic acids is 2. The normalized spacial score (nSPS) is 12.7. The van der Waals surface area contributed by atoms with Gasteiger partial charge < -0.3 is 9.30 Å². The average molecular weight is 550 g/mol. The fraction of sp³-hybridized carbons (Fsp3) is 0.423. The first-order valence-electron chi connectivity index (χ1n) is 12.1. The molecule has 0 bridgehead atoms. The standard InChI is InChI=1S/C26H32FN3O5S2/c1-6-35-23(31)16-30-24-21(27)8-7-9-22(24)36-26(30)28-25(32)19-10-12-20(13-11-19)37(33,34)29(14-17(2)3)15-18(4)5/h7-13,17-18H,6,14-16H2,1-5H3. The van der Waals surface area contributed by atoms with E-state index in [0.717, 1.165) is 11.3 Å². The zero-order chi connectivity index (χ0) is 27.3. The van der Waals surface area contributed by atoms with Gasteiger partial charge in [-0.1, -0.05) is 45.1 Å². The van der Waals surface area contributed by atoms with Crippen molar-refractivity contribution in [3.63, 3.8) is 0 Å². The molecule has 0 fully saturated rings. The van der Waals surface area contributed by atoms with Crippen LogP contribution in [0, 0.1) is 17.7 Å². The van der Waals surface area contributed by atoms with E-state index in [9.17, 15) is 22.4 Å². The fourth-order valence-corrected chi connectivity index (χ4v) is 6.62. The van der Waals surface area contributed by atoms with E-state index < -0.39 is 27.7 Å². The summed E-state index contributed by atoms with van der Waals surface area (Å²) in [4.78, 5) is 29.5. The predicted molar refractivity (Wildman–Crippen MR) is 141 cm³/mol. The molecule has 11 heteroatoms. The van der Waals surface area contributed by atoms with Crippen LogP contribution in [0.1, 0.15) is 45.0 Å². The Balaban J connectivity index is 1.97. The zero-order valence-electron chi connectivity index (χ0n) is 21.6. The molecule has 200 valence electrons. The number of aromatic nitrogens is 1. The van der Waals surface area contributed by atoms with Crippen molar-refractivity contribution in [1.29, 1.82) is 0 Å². The molecule has 0 unspecified atom stereocenters. The lowest BCUT2D eigenvalue weighted by atomic mass is 10.2. The van der Waals surface area contributed by atoms with Gasteiger partial charge in [0, 0.05) is 18.7 Å². The van der Waals surface area contributed by atoms with Crippen molar-refractivity contribution in [1.82, 2.24) is 8.87 Å². The van der Waals surface area contributed by atoms with Gasteiger partial charge in [-0.3, -0.25) is 9.59 Å². The summed E-state index contributed by atoms with van der Waals surface area (Å²) >= 11 is 1.07. The fourth-order valence-electron chi connectivity index (χ4n) is 3.81. The maximum atomic E-state index is 14.6. The number of para-hydroxylation sites is 1. The molecule has 0 N–H and O–H groups in total. The summed E-state index contributed by atoms with van der Waals surface area (Å²) < 4.78 is 49.4. The third-order valence-corrected chi connectivity index (χ3v) is 8.21. The summed E-state index contributed by atoms with van der Waals surface area (Å²) in [6.45, 7) is 10.1. The van der Waals surface area contributed by atoms with Crippen LogP contribution in [0.2, 0.25) is 0 Å². The molecule has 3 rings (SSSR count). The molecule has 3 aromatic rings. The Hall–Kier alpha value is -2.89. The van der Waals surface area contributed by atoms with E-state index in [-0.39, 0.29) is 45.8 Å². The Morgan fingerprint density at radius 2 is 1.68 bits per heavy atom. The summed E-state index contributed by atoms with van der Waals surface area (Å²) in [6, 6.07) is 10.1. The number of nitrogens with zero attached hydrogens (tertiary/aromatic N) is 3. The summed E-state index contributed by atoms with van der Waals surface area (Å²) in [6.07, 6.45) is 0. The van der Waals surface area contributed by atoms with E-state index in [2.05, 4.69) is 4.99 Å². The van der Waals surface area contributed by atoms with Gasteiger partial charge in [0.1, 0.15) is 12.4 Å². The molecule has 37 heavy (non-hydrogen) atoms. The quantitative estimate of drug-likeness (QED) is 0.348. The van der Waals surface area contributed by atoms with E-state index in [4.69, 9.17) is 4.74 Å². The number of thiazole rings is 1. The van der Waals surface area contributed by atoms with E-state index in [1.54, 1.807) is 13.0 Å². The number of ether oxygens (including phenoxy) is 1. The van der Waals surface area contributed by atoms with Crippen molar-refractivity contribution in [2.24, 2.45) is 16.8 Å². The molecule has 0 aliphatic rings. The number of esters is 1. The number of carbonyl (C=O) groups is 2. The number of hydrogen-bond donors (Lipinski definition) is 0. The first-order valence-corrected chi connectivity index (χ1v) is 14.3. The molecule has 0 spiro atoms. The molecular weight excluding hydrogens is 517 g/mol. The molecule has 0 radical (unpaired) electrons. The molecule has 1 aromatic heterocycles. The highest BCUT2D eigenvalue weighted by Crippen LogP contribution is 2.22. The Morgan fingerprint density at radius 1 is 1.05 bits per heavy atom. The predicted octanol–water partition coefficient (Wildman–Crippen LogP) is 4.45. The van der Waals surface area contributed by atoms with Crippen molar-refractivity contribution in [2.45, 2.75) is 46.1 Å². The van der Waals surface area contributed by atoms with Crippen molar-refractivity contribution in [3.05, 3.63) is 58.6 Å². The van der Waals surface area contributed by atoms with Gasteiger partial charge in [0.05, 0.1) is 21.7 Å². The van der Waals surface area contributed by atoms with Crippen molar-refractivity contribution < 1.29 is 27.1 Å². The summed E-state index contributed by atoms with van der Waals surface area (Å²) in [5.41, 5.74) is 0.322. The lowest BCUT2D eigenvalue weighted by Crippen LogP contribution is -2.37. The van der Waals surface area contributed by atoms with E-state index in [0.29, 0.717) is 17.8 Å². The number of hydrogen-bond acceptors (Lipinski definition) is 6. The van der Waals surface area contributed by atoms with Crippen LogP contribution in [0.15, 0.2) is 52.4 Å². The van der Waals surface area contributed by atoms with Crippen LogP contribution in [0.3, 0.4) is 0 Å². The molecule has 0 atom stereocenters. The number of benzene rings is 2. The number of rotatable bonds is 10. The first-order chi connectivity index (χ1) is 17.4. The van der Waals surface area contributed by atoms with Crippen LogP contribution in [0.4, 0.5) is 4.39 Å². The SMILES string of the molecule is CCOC(=O)Cn1c(=NC(=O)c2ccc(S(=O)(=O)N(CC(C)C)CC(C)C)cc2)sc2cccc(F)c21. The molecule has 0 saturated carbocycles. The first kappa shape index (κ1) is 28.7. The van der Waals surface area contributed by atoms with Crippen LogP contribution in [-0.2, 0) is 26.1 Å². The molecule has 0 saturated heterocycles. The molecule has 1 heterocycles. The second kappa shape index (κ2) is 12.1. The van der Waals surface area contributed by atoms with E-state index >= 15 is 0 Å². The van der Waals surface area contributed by atoms with Gasteiger partial charge in [-0.25, -0.2) is 12.8 Å². The number of sulfonamides is 1. The van der Waals surface area contributed by atoms with Crippen molar-refractivity contribution in [2.75, 3.05) is 19.7 Å². The summed E-state index contributed by atoms with van der Waals surface area (Å²) in [5, 5.41) is 0. The van der Waals surface area contributed by atoms with Crippen LogP contribution in [0.25, 0.3) is 10.2 Å². The highest BCUT2D eigenvalue weighted by molar-refractivity contribution is 7.89. The van der Waals surface area contributed by atoms with E-state index in [1.165, 1.54) is 45.3 Å². The Morgan fingerprint density at radius 3 is 2.24 bits per heavy atom. The minimum absolute atomic E-state index is 0.0895. The van der Waals surface area contributed by atoms with Gasteiger partial charge in [0.15, 0.2) is 4.80 Å². The number of amides is 1. The lowest BCUT2D eigenvalue weighted by molar-refractivity contribution is -0.143. The topological polar surface area (TPSA) is 98.0 Å². The van der Waals surface area contributed by atoms with Gasteiger partial charge in [0.2, 0.25) is 10.0 Å².